The third-order valence-corrected chi connectivity index (χ3v) is 4.21. The summed E-state index contributed by atoms with van der Waals surface area (Å²) in [5.74, 6) is 0. The summed E-state index contributed by atoms with van der Waals surface area (Å²) in [6.07, 6.45) is 5.84. The van der Waals surface area contributed by atoms with Gasteiger partial charge in [0.05, 0.1) is 26.2 Å². The molecular formula is C12H28N3+3. The van der Waals surface area contributed by atoms with Gasteiger partial charge < -0.3 is 15.1 Å². The van der Waals surface area contributed by atoms with Gasteiger partial charge in [0, 0.05) is 6.42 Å². The van der Waals surface area contributed by atoms with Crippen LogP contribution >= 0.6 is 0 Å². The zero-order chi connectivity index (χ0) is 10.5. The molecule has 0 unspecified atom stereocenters. The predicted molar refractivity (Wildman–Crippen MR) is 61.2 cm³/mol. The number of hydrogen-bond donors (Lipinski definition) is 3. The first-order valence-corrected chi connectivity index (χ1v) is 6.83. The lowest BCUT2D eigenvalue weighted by atomic mass is 10.0. The van der Waals surface area contributed by atoms with Crippen molar-refractivity contribution in [2.24, 2.45) is 0 Å². The van der Waals surface area contributed by atoms with Crippen LogP contribution in [0.1, 0.15) is 25.7 Å². The van der Waals surface area contributed by atoms with E-state index in [1.807, 2.05) is 4.90 Å². The second kappa shape index (κ2) is 5.83. The summed E-state index contributed by atoms with van der Waals surface area (Å²) in [6.45, 7) is 8.37. The van der Waals surface area contributed by atoms with E-state index in [4.69, 9.17) is 0 Å². The summed E-state index contributed by atoms with van der Waals surface area (Å²) in [4.78, 5) is 3.59. The van der Waals surface area contributed by atoms with E-state index in [0.29, 0.717) is 0 Å². The molecule has 3 nitrogen and oxygen atoms in total. The molecular weight excluding hydrogens is 186 g/mol. The quantitative estimate of drug-likeness (QED) is 0.444. The largest absolute Gasteiger partial charge is 0.344 e. The van der Waals surface area contributed by atoms with Crippen molar-refractivity contribution in [2.45, 2.75) is 31.7 Å². The number of rotatable bonds is 3. The van der Waals surface area contributed by atoms with Gasteiger partial charge in [-0.2, -0.15) is 0 Å². The smallest absolute Gasteiger partial charge is 0.127 e. The SMILES string of the molecule is C[NH+]1CC[NH+](CC[C@H]2CCCC[NH2+]2)CC1. The summed E-state index contributed by atoms with van der Waals surface area (Å²) < 4.78 is 0. The normalized spacial score (nSPS) is 37.8. The molecule has 4 N–H and O–H groups in total. The Hall–Kier alpha value is -0.120. The molecule has 2 heterocycles. The van der Waals surface area contributed by atoms with E-state index >= 15 is 0 Å². The highest BCUT2D eigenvalue weighted by atomic mass is 15.2. The van der Waals surface area contributed by atoms with Gasteiger partial charge >= 0.3 is 0 Å². The number of piperazine rings is 1. The molecule has 0 aliphatic carbocycles. The molecule has 2 saturated heterocycles. The summed E-state index contributed by atoms with van der Waals surface area (Å²) in [5, 5.41) is 2.59. The first-order chi connectivity index (χ1) is 7.34. The summed E-state index contributed by atoms with van der Waals surface area (Å²) in [6, 6.07) is 0.957. The third kappa shape index (κ3) is 3.74. The lowest BCUT2D eigenvalue weighted by Crippen LogP contribution is -3.27. The minimum atomic E-state index is 0.957. The molecule has 15 heavy (non-hydrogen) atoms. The van der Waals surface area contributed by atoms with Crippen molar-refractivity contribution in [3.8, 4) is 0 Å². The van der Waals surface area contributed by atoms with E-state index in [1.54, 1.807) is 4.90 Å². The Balaban J connectivity index is 1.60. The van der Waals surface area contributed by atoms with Gasteiger partial charge in [-0.25, -0.2) is 0 Å². The summed E-state index contributed by atoms with van der Waals surface area (Å²) >= 11 is 0. The van der Waals surface area contributed by atoms with Gasteiger partial charge in [0.2, 0.25) is 0 Å². The maximum atomic E-state index is 2.59. The maximum absolute atomic E-state index is 2.59. The van der Waals surface area contributed by atoms with Crippen LogP contribution in [0.2, 0.25) is 0 Å². The molecule has 0 saturated carbocycles. The number of nitrogens with two attached hydrogens (primary N) is 1. The van der Waals surface area contributed by atoms with Gasteiger partial charge in [0.15, 0.2) is 0 Å². The van der Waals surface area contributed by atoms with E-state index in [9.17, 15) is 0 Å². The third-order valence-electron chi connectivity index (χ3n) is 4.21. The van der Waals surface area contributed by atoms with Crippen LogP contribution in [-0.2, 0) is 0 Å². The summed E-state index contributed by atoms with van der Waals surface area (Å²) in [5.41, 5.74) is 0. The van der Waals surface area contributed by atoms with Gasteiger partial charge in [-0.1, -0.05) is 0 Å². The Morgan fingerprint density at radius 1 is 1.13 bits per heavy atom. The lowest BCUT2D eigenvalue weighted by molar-refractivity contribution is -1.00. The predicted octanol–water partition coefficient (Wildman–Crippen LogP) is -3.09. The van der Waals surface area contributed by atoms with Crippen LogP contribution in [-0.4, -0.2) is 52.4 Å². The fraction of sp³-hybridized carbons (Fsp3) is 1.00. The van der Waals surface area contributed by atoms with Crippen molar-refractivity contribution in [1.29, 1.82) is 0 Å². The number of hydrogen-bond acceptors (Lipinski definition) is 0. The molecule has 88 valence electrons. The Morgan fingerprint density at radius 3 is 2.60 bits per heavy atom. The van der Waals surface area contributed by atoms with Gasteiger partial charge in [-0.3, -0.25) is 0 Å². The van der Waals surface area contributed by atoms with Crippen LogP contribution < -0.4 is 15.1 Å². The molecule has 0 aromatic carbocycles. The fourth-order valence-electron chi connectivity index (χ4n) is 2.95. The highest BCUT2D eigenvalue weighted by Gasteiger charge is 2.22. The molecule has 0 bridgehead atoms. The van der Waals surface area contributed by atoms with E-state index < -0.39 is 0 Å². The highest BCUT2D eigenvalue weighted by molar-refractivity contribution is 4.58. The standard InChI is InChI=1S/C12H25N3/c1-14-8-10-15(11-9-14)7-5-12-4-2-3-6-13-12/h12-13H,2-11H2,1H3/p+3/t12-/m1/s1. The van der Waals surface area contributed by atoms with Crippen LogP contribution in [0.4, 0.5) is 0 Å². The van der Waals surface area contributed by atoms with Crippen molar-refractivity contribution < 1.29 is 15.1 Å². The Morgan fingerprint density at radius 2 is 1.93 bits per heavy atom. The zero-order valence-corrected chi connectivity index (χ0v) is 10.2. The maximum Gasteiger partial charge on any atom is 0.127 e. The molecule has 3 heteroatoms. The first kappa shape index (κ1) is 11.4. The molecule has 2 fully saturated rings. The van der Waals surface area contributed by atoms with E-state index in [2.05, 4.69) is 12.4 Å². The van der Waals surface area contributed by atoms with E-state index in [0.717, 1.165) is 6.04 Å². The van der Waals surface area contributed by atoms with Crippen molar-refractivity contribution in [1.82, 2.24) is 0 Å². The number of nitrogens with one attached hydrogen (secondary N) is 2. The van der Waals surface area contributed by atoms with Crippen LogP contribution in [0.5, 0.6) is 0 Å². The Labute approximate surface area is 93.8 Å². The first-order valence-electron chi connectivity index (χ1n) is 6.83. The van der Waals surface area contributed by atoms with Crippen LogP contribution in [0.3, 0.4) is 0 Å². The molecule has 0 spiro atoms. The molecule has 1 atom stereocenters. The fourth-order valence-corrected chi connectivity index (χ4v) is 2.95. The Kier molecular flexibility index (Phi) is 4.42. The average Bonchev–Trinajstić information content (AvgIpc) is 2.30. The molecule has 0 radical (unpaired) electrons. The highest BCUT2D eigenvalue weighted by Crippen LogP contribution is 2.02. The zero-order valence-electron chi connectivity index (χ0n) is 10.2. The van der Waals surface area contributed by atoms with Gasteiger partial charge in [-0.05, 0) is 19.3 Å². The minimum Gasteiger partial charge on any atom is -0.344 e. The number of piperidine rings is 1. The van der Waals surface area contributed by atoms with Crippen LogP contribution in [0.25, 0.3) is 0 Å². The van der Waals surface area contributed by atoms with Crippen molar-refractivity contribution in [3.63, 3.8) is 0 Å². The lowest BCUT2D eigenvalue weighted by Gasteiger charge is -2.28. The number of quaternary nitrogens is 3. The monoisotopic (exact) mass is 214 g/mol. The minimum absolute atomic E-state index is 0.957. The van der Waals surface area contributed by atoms with Gasteiger partial charge in [0.1, 0.15) is 26.2 Å². The van der Waals surface area contributed by atoms with Crippen molar-refractivity contribution in [2.75, 3.05) is 46.3 Å². The van der Waals surface area contributed by atoms with E-state index in [-0.39, 0.29) is 0 Å². The van der Waals surface area contributed by atoms with Gasteiger partial charge in [0.25, 0.3) is 0 Å². The topological polar surface area (TPSA) is 25.5 Å². The second-order valence-electron chi connectivity index (χ2n) is 5.53. The van der Waals surface area contributed by atoms with Crippen LogP contribution in [0.15, 0.2) is 0 Å². The molecule has 2 aliphatic heterocycles. The summed E-state index contributed by atoms with van der Waals surface area (Å²) in [7, 11) is 2.33. The van der Waals surface area contributed by atoms with E-state index in [1.165, 1.54) is 65.0 Å². The van der Waals surface area contributed by atoms with Crippen molar-refractivity contribution in [3.05, 3.63) is 0 Å². The second-order valence-corrected chi connectivity index (χ2v) is 5.53. The van der Waals surface area contributed by atoms with Gasteiger partial charge in [-0.15, -0.1) is 0 Å². The van der Waals surface area contributed by atoms with Crippen LogP contribution in [0, 0.1) is 0 Å². The molecule has 0 aromatic heterocycles. The van der Waals surface area contributed by atoms with Crippen molar-refractivity contribution >= 4 is 0 Å². The molecule has 2 aliphatic rings. The molecule has 0 amide bonds. The average molecular weight is 214 g/mol. The molecule has 0 aromatic rings. The number of likely N-dealkylation sites (N-methyl/N-ethyl adjacent to an activating group) is 1. The Bertz CT molecular complexity index is 170. The molecule has 2 rings (SSSR count).